The quantitative estimate of drug-likeness (QED) is 0.170. The normalized spacial score (nSPS) is 13.4. The molecule has 1 aliphatic heterocycles. The summed E-state index contributed by atoms with van der Waals surface area (Å²) in [6, 6.07) is 45.1. The van der Waals surface area contributed by atoms with E-state index in [-0.39, 0.29) is 17.1 Å². The summed E-state index contributed by atoms with van der Waals surface area (Å²) in [5.74, 6) is -0.414. The van der Waals surface area contributed by atoms with Crippen LogP contribution in [0.25, 0.3) is 39.1 Å². The van der Waals surface area contributed by atoms with Gasteiger partial charge in [0, 0.05) is 27.8 Å². The van der Waals surface area contributed by atoms with Gasteiger partial charge in [0.05, 0.1) is 16.9 Å². The van der Waals surface area contributed by atoms with Gasteiger partial charge in [-0.05, 0) is 58.0 Å². The van der Waals surface area contributed by atoms with Gasteiger partial charge in [-0.15, -0.1) is 0 Å². The fraction of sp³-hybridized carbons (Fsp3) is 0. The van der Waals surface area contributed by atoms with Crippen LogP contribution < -0.4 is 4.90 Å². The van der Waals surface area contributed by atoms with Crippen LogP contribution in [0.4, 0.5) is 17.1 Å². The lowest BCUT2D eigenvalue weighted by molar-refractivity contribution is 0.0990. The molecule has 192 valence electrons. The Morgan fingerprint density at radius 1 is 0.463 bits per heavy atom. The van der Waals surface area contributed by atoms with Gasteiger partial charge in [0.2, 0.25) is 0 Å². The van der Waals surface area contributed by atoms with Crippen molar-refractivity contribution in [2.75, 3.05) is 4.90 Å². The second-order valence-electron chi connectivity index (χ2n) is 10.4. The van der Waals surface area contributed by atoms with Crippen LogP contribution in [0.2, 0.25) is 0 Å². The summed E-state index contributed by atoms with van der Waals surface area (Å²) < 4.78 is 0. The first-order chi connectivity index (χ1) is 20.2. The maximum absolute atomic E-state index is 12.9. The molecule has 0 atom stereocenters. The molecule has 2 aliphatic rings. The SMILES string of the molecule is O=C1C(=Cc2ccc(-c3ccc4c5c(cccc35)-c3ccccc3N4c3ccccc3)cc2)C(=O)c2ccccc21. The van der Waals surface area contributed by atoms with E-state index in [0.717, 1.165) is 28.1 Å². The molecular formula is C38H23NO2. The third kappa shape index (κ3) is 3.53. The Hall–Kier alpha value is -5.54. The van der Waals surface area contributed by atoms with E-state index >= 15 is 0 Å². The number of para-hydroxylation sites is 2. The lowest BCUT2D eigenvalue weighted by Crippen LogP contribution is -2.15. The molecule has 0 fully saturated rings. The summed E-state index contributed by atoms with van der Waals surface area (Å²) in [7, 11) is 0. The lowest BCUT2D eigenvalue weighted by atomic mass is 9.87. The van der Waals surface area contributed by atoms with Crippen LogP contribution in [0.3, 0.4) is 0 Å². The van der Waals surface area contributed by atoms with Gasteiger partial charge < -0.3 is 4.90 Å². The van der Waals surface area contributed by atoms with Crippen LogP contribution in [0.5, 0.6) is 0 Å². The Morgan fingerprint density at radius 2 is 1.10 bits per heavy atom. The number of ketones is 2. The molecule has 1 aliphatic carbocycles. The number of benzene rings is 6. The summed E-state index contributed by atoms with van der Waals surface area (Å²) >= 11 is 0. The van der Waals surface area contributed by atoms with Crippen LogP contribution >= 0.6 is 0 Å². The van der Waals surface area contributed by atoms with E-state index in [0.29, 0.717) is 11.1 Å². The molecule has 3 heteroatoms. The van der Waals surface area contributed by atoms with Crippen LogP contribution in [0, 0.1) is 0 Å². The zero-order valence-electron chi connectivity index (χ0n) is 22.0. The smallest absolute Gasteiger partial charge is 0.197 e. The molecule has 0 unspecified atom stereocenters. The van der Waals surface area contributed by atoms with E-state index < -0.39 is 0 Å². The number of Topliss-reactive ketones (excluding diaryl/α,β-unsaturated/α-hetero) is 2. The molecule has 1 heterocycles. The number of hydrogen-bond donors (Lipinski definition) is 0. The van der Waals surface area contributed by atoms with Crippen molar-refractivity contribution >= 4 is 45.5 Å². The first-order valence-electron chi connectivity index (χ1n) is 13.7. The maximum atomic E-state index is 12.9. The number of fused-ring (bicyclic) bond motifs is 3. The molecule has 0 bridgehead atoms. The first kappa shape index (κ1) is 23.4. The Labute approximate surface area is 237 Å². The maximum Gasteiger partial charge on any atom is 0.197 e. The van der Waals surface area contributed by atoms with E-state index in [1.54, 1.807) is 30.3 Å². The summed E-state index contributed by atoms with van der Waals surface area (Å²) in [6.07, 6.45) is 1.71. The monoisotopic (exact) mass is 525 g/mol. The highest BCUT2D eigenvalue weighted by atomic mass is 16.2. The van der Waals surface area contributed by atoms with Crippen LogP contribution in [-0.2, 0) is 0 Å². The molecule has 6 aromatic carbocycles. The van der Waals surface area contributed by atoms with Gasteiger partial charge >= 0.3 is 0 Å². The van der Waals surface area contributed by atoms with Crippen molar-refractivity contribution in [2.45, 2.75) is 0 Å². The number of nitrogens with zero attached hydrogens (tertiary/aromatic N) is 1. The molecule has 0 spiro atoms. The predicted octanol–water partition coefficient (Wildman–Crippen LogP) is 9.42. The van der Waals surface area contributed by atoms with E-state index in [1.165, 1.54) is 27.6 Å². The van der Waals surface area contributed by atoms with Crippen LogP contribution in [0.1, 0.15) is 26.3 Å². The Balaban J connectivity index is 1.24. The van der Waals surface area contributed by atoms with Gasteiger partial charge in [-0.3, -0.25) is 9.59 Å². The molecule has 0 radical (unpaired) electrons. The van der Waals surface area contributed by atoms with Gasteiger partial charge in [0.15, 0.2) is 11.6 Å². The highest BCUT2D eigenvalue weighted by molar-refractivity contribution is 6.41. The van der Waals surface area contributed by atoms with E-state index in [2.05, 4.69) is 95.9 Å². The van der Waals surface area contributed by atoms with Crippen molar-refractivity contribution in [3.63, 3.8) is 0 Å². The van der Waals surface area contributed by atoms with E-state index in [1.807, 2.05) is 18.2 Å². The largest absolute Gasteiger partial charge is 0.309 e. The van der Waals surface area contributed by atoms with E-state index in [4.69, 9.17) is 0 Å². The third-order valence-electron chi connectivity index (χ3n) is 8.15. The lowest BCUT2D eigenvalue weighted by Gasteiger charge is -2.34. The fourth-order valence-corrected chi connectivity index (χ4v) is 6.26. The van der Waals surface area contributed by atoms with Crippen molar-refractivity contribution in [2.24, 2.45) is 0 Å². The number of rotatable bonds is 3. The summed E-state index contributed by atoms with van der Waals surface area (Å²) in [5, 5.41) is 2.40. The molecule has 3 nitrogen and oxygen atoms in total. The summed E-state index contributed by atoms with van der Waals surface area (Å²) in [5.41, 5.74) is 10.1. The predicted molar refractivity (Wildman–Crippen MR) is 166 cm³/mol. The first-order valence-corrected chi connectivity index (χ1v) is 13.7. The number of hydrogen-bond acceptors (Lipinski definition) is 3. The van der Waals surface area contributed by atoms with Gasteiger partial charge in [-0.1, -0.05) is 109 Å². The van der Waals surface area contributed by atoms with Gasteiger partial charge in [0.25, 0.3) is 0 Å². The van der Waals surface area contributed by atoms with Crippen molar-refractivity contribution in [1.29, 1.82) is 0 Å². The fourth-order valence-electron chi connectivity index (χ4n) is 6.26. The van der Waals surface area contributed by atoms with Crippen LogP contribution in [0.15, 0.2) is 139 Å². The summed E-state index contributed by atoms with van der Waals surface area (Å²) in [6.45, 7) is 0. The molecule has 41 heavy (non-hydrogen) atoms. The van der Waals surface area contributed by atoms with Crippen molar-refractivity contribution in [1.82, 2.24) is 0 Å². The zero-order valence-corrected chi connectivity index (χ0v) is 22.0. The highest BCUT2D eigenvalue weighted by Crippen LogP contribution is 2.52. The average molecular weight is 526 g/mol. The number of anilines is 3. The third-order valence-corrected chi connectivity index (χ3v) is 8.15. The topological polar surface area (TPSA) is 37.4 Å². The zero-order chi connectivity index (χ0) is 27.5. The molecule has 8 rings (SSSR count). The molecule has 0 amide bonds. The Bertz CT molecular complexity index is 2030. The minimum absolute atomic E-state index is 0.207. The standard InChI is InChI=1S/C38H23NO2/c40-37-31-12-4-5-13-32(31)38(41)33(37)23-24-17-19-25(20-18-24)27-21-22-35-36-29(27)14-8-15-30(36)28-11-6-7-16-34(28)39(35)26-9-2-1-3-10-26/h1-23H. The van der Waals surface area contributed by atoms with Crippen LogP contribution in [-0.4, -0.2) is 11.6 Å². The van der Waals surface area contributed by atoms with Gasteiger partial charge in [-0.25, -0.2) is 0 Å². The van der Waals surface area contributed by atoms with Gasteiger partial charge in [-0.2, -0.15) is 0 Å². The highest BCUT2D eigenvalue weighted by Gasteiger charge is 2.32. The Morgan fingerprint density at radius 3 is 1.83 bits per heavy atom. The minimum atomic E-state index is -0.207. The number of carbonyl (C=O) groups excluding carboxylic acids is 2. The second kappa shape index (κ2) is 9.00. The average Bonchev–Trinajstić information content (AvgIpc) is 3.27. The van der Waals surface area contributed by atoms with Crippen molar-refractivity contribution < 1.29 is 9.59 Å². The second-order valence-corrected chi connectivity index (χ2v) is 10.4. The molecule has 0 saturated heterocycles. The number of allylic oxidation sites excluding steroid dienone is 1. The Kier molecular flexibility index (Phi) is 5.13. The molecule has 0 aromatic heterocycles. The van der Waals surface area contributed by atoms with E-state index in [9.17, 15) is 9.59 Å². The molecule has 0 saturated carbocycles. The van der Waals surface area contributed by atoms with Crippen molar-refractivity contribution in [3.8, 4) is 22.3 Å². The van der Waals surface area contributed by atoms with Crippen molar-refractivity contribution in [3.05, 3.63) is 156 Å². The number of carbonyl (C=O) groups is 2. The molecule has 6 aromatic rings. The molecular weight excluding hydrogens is 502 g/mol. The summed E-state index contributed by atoms with van der Waals surface area (Å²) in [4.78, 5) is 28.1. The van der Waals surface area contributed by atoms with Gasteiger partial charge in [0.1, 0.15) is 0 Å². The minimum Gasteiger partial charge on any atom is -0.309 e. The molecule has 0 N–H and O–H groups in total.